The summed E-state index contributed by atoms with van der Waals surface area (Å²) in [5.74, 6) is 0. The highest BCUT2D eigenvalue weighted by Gasteiger charge is 2.36. The van der Waals surface area contributed by atoms with Gasteiger partial charge in [0.1, 0.15) is 18.1 Å². The molecule has 0 aliphatic carbocycles. The summed E-state index contributed by atoms with van der Waals surface area (Å²) < 4.78 is 7.73. The summed E-state index contributed by atoms with van der Waals surface area (Å²) in [6, 6.07) is 10.4. The molecule has 1 fully saturated rings. The van der Waals surface area contributed by atoms with Crippen LogP contribution >= 0.6 is 0 Å². The molecule has 1 aromatic carbocycles. The molecular formula is C20H23N3O3. The summed E-state index contributed by atoms with van der Waals surface area (Å²) in [4.78, 5) is 8.79. The van der Waals surface area contributed by atoms with E-state index in [1.54, 1.807) is 6.33 Å². The van der Waals surface area contributed by atoms with E-state index in [1.165, 1.54) is 5.56 Å². The topological polar surface area (TPSA) is 80.4 Å². The number of aromatic nitrogens is 3. The van der Waals surface area contributed by atoms with Crippen LogP contribution in [-0.2, 0) is 17.6 Å². The molecule has 6 nitrogen and oxygen atoms in total. The highest BCUT2D eigenvalue weighted by molar-refractivity contribution is 5.82. The van der Waals surface area contributed by atoms with Crippen molar-refractivity contribution in [1.82, 2.24) is 14.5 Å². The van der Waals surface area contributed by atoms with Crippen LogP contribution in [0, 0.1) is 6.92 Å². The summed E-state index contributed by atoms with van der Waals surface area (Å²) >= 11 is 0. The summed E-state index contributed by atoms with van der Waals surface area (Å²) in [7, 11) is 0. The fraction of sp³-hybridized carbons (Fsp3) is 0.400. The molecule has 3 atom stereocenters. The van der Waals surface area contributed by atoms with Gasteiger partial charge >= 0.3 is 0 Å². The van der Waals surface area contributed by atoms with Gasteiger partial charge in [0.05, 0.1) is 18.4 Å². The maximum atomic E-state index is 10.4. The minimum Gasteiger partial charge on any atom is -0.394 e. The first-order chi connectivity index (χ1) is 12.7. The normalized spacial score (nSPS) is 23.0. The number of nitrogens with zero attached hydrogens (tertiary/aromatic N) is 3. The van der Waals surface area contributed by atoms with E-state index in [1.807, 2.05) is 35.9 Å². The molecule has 0 spiro atoms. The Morgan fingerprint density at radius 1 is 1.19 bits per heavy atom. The molecule has 0 unspecified atom stereocenters. The molecule has 2 N–H and O–H groups in total. The van der Waals surface area contributed by atoms with Gasteiger partial charge in [0.15, 0.2) is 6.23 Å². The zero-order valence-corrected chi connectivity index (χ0v) is 14.7. The lowest BCUT2D eigenvalue weighted by atomic mass is 10.0. The number of hydrogen-bond acceptors (Lipinski definition) is 5. The van der Waals surface area contributed by atoms with E-state index in [-0.39, 0.29) is 12.7 Å². The molecule has 3 heterocycles. The molecule has 6 heteroatoms. The van der Waals surface area contributed by atoms with Crippen LogP contribution in [0.5, 0.6) is 0 Å². The third-order valence-electron chi connectivity index (χ3n) is 5.05. The van der Waals surface area contributed by atoms with Gasteiger partial charge < -0.3 is 19.5 Å². The molecule has 0 bridgehead atoms. The van der Waals surface area contributed by atoms with E-state index in [2.05, 4.69) is 22.1 Å². The van der Waals surface area contributed by atoms with Crippen LogP contribution in [0.25, 0.3) is 11.0 Å². The van der Waals surface area contributed by atoms with Crippen LogP contribution in [0.15, 0.2) is 42.9 Å². The molecule has 4 rings (SSSR count). The monoisotopic (exact) mass is 353 g/mol. The summed E-state index contributed by atoms with van der Waals surface area (Å²) in [6.45, 7) is 1.88. The molecular weight excluding hydrogens is 330 g/mol. The molecule has 2 aromatic heterocycles. The van der Waals surface area contributed by atoms with Gasteiger partial charge in [-0.3, -0.25) is 0 Å². The lowest BCUT2D eigenvalue weighted by molar-refractivity contribution is -0.0484. The quantitative estimate of drug-likeness (QED) is 0.735. The Morgan fingerprint density at radius 2 is 2.00 bits per heavy atom. The second kappa shape index (κ2) is 7.15. The van der Waals surface area contributed by atoms with Crippen molar-refractivity contribution in [2.24, 2.45) is 0 Å². The van der Waals surface area contributed by atoms with Crippen LogP contribution in [-0.4, -0.2) is 43.6 Å². The van der Waals surface area contributed by atoms with Gasteiger partial charge in [0.2, 0.25) is 0 Å². The molecule has 26 heavy (non-hydrogen) atoms. The van der Waals surface area contributed by atoms with Gasteiger partial charge in [0.25, 0.3) is 0 Å². The van der Waals surface area contributed by atoms with Gasteiger partial charge in [-0.2, -0.15) is 0 Å². The molecule has 1 aliphatic heterocycles. The Labute approximate surface area is 152 Å². The van der Waals surface area contributed by atoms with Crippen molar-refractivity contribution >= 4 is 11.0 Å². The first-order valence-corrected chi connectivity index (χ1v) is 8.96. The standard InChI is InChI=1S/C20H23N3O3/c1-13-18-15(8-7-14-5-3-2-4-6-14)10-23(19(18)22-12-21-13)20-17(25)9-16(11-24)26-20/h2-6,10,12,16-17,20,24-25H,7-9,11H2,1H3/t16-,17+,20+/m0/s1. The predicted octanol–water partition coefficient (Wildman–Crippen LogP) is 2.17. The first-order valence-electron chi connectivity index (χ1n) is 8.96. The van der Waals surface area contributed by atoms with Crippen molar-refractivity contribution in [3.63, 3.8) is 0 Å². The van der Waals surface area contributed by atoms with E-state index in [0.29, 0.717) is 6.42 Å². The lowest BCUT2D eigenvalue weighted by Crippen LogP contribution is -2.19. The number of benzene rings is 1. The van der Waals surface area contributed by atoms with Crippen molar-refractivity contribution in [1.29, 1.82) is 0 Å². The van der Waals surface area contributed by atoms with Crippen molar-refractivity contribution in [2.45, 2.75) is 44.6 Å². The minimum absolute atomic E-state index is 0.0956. The zero-order valence-electron chi connectivity index (χ0n) is 14.7. The van der Waals surface area contributed by atoms with Gasteiger partial charge in [0, 0.05) is 18.0 Å². The Kier molecular flexibility index (Phi) is 4.72. The average Bonchev–Trinajstić information content (AvgIpc) is 3.22. The van der Waals surface area contributed by atoms with Crippen LogP contribution in [0.3, 0.4) is 0 Å². The molecule has 1 aliphatic rings. The number of rotatable bonds is 5. The Bertz CT molecular complexity index is 894. The number of aryl methyl sites for hydroxylation is 3. The van der Waals surface area contributed by atoms with E-state index >= 15 is 0 Å². The van der Waals surface area contributed by atoms with Crippen LogP contribution in [0.2, 0.25) is 0 Å². The van der Waals surface area contributed by atoms with E-state index in [0.717, 1.165) is 35.1 Å². The minimum atomic E-state index is -0.667. The largest absolute Gasteiger partial charge is 0.394 e. The maximum Gasteiger partial charge on any atom is 0.161 e. The third kappa shape index (κ3) is 3.11. The van der Waals surface area contributed by atoms with Gasteiger partial charge in [-0.1, -0.05) is 30.3 Å². The zero-order chi connectivity index (χ0) is 18.1. The van der Waals surface area contributed by atoms with E-state index < -0.39 is 12.3 Å². The SMILES string of the molecule is Cc1ncnc2c1c(CCc1ccccc1)cn2[C@@H]1O[C@H](CO)C[C@H]1O. The van der Waals surface area contributed by atoms with Gasteiger partial charge in [-0.25, -0.2) is 9.97 Å². The van der Waals surface area contributed by atoms with Crippen LogP contribution < -0.4 is 0 Å². The number of fused-ring (bicyclic) bond motifs is 1. The number of ether oxygens (including phenoxy) is 1. The molecule has 0 saturated carbocycles. The third-order valence-corrected chi connectivity index (χ3v) is 5.05. The Hall–Kier alpha value is -2.28. The molecule has 0 amide bonds. The van der Waals surface area contributed by atoms with Gasteiger partial charge in [-0.05, 0) is 30.9 Å². The van der Waals surface area contributed by atoms with Crippen molar-refractivity contribution in [3.8, 4) is 0 Å². The Morgan fingerprint density at radius 3 is 2.73 bits per heavy atom. The van der Waals surface area contributed by atoms with E-state index in [4.69, 9.17) is 4.74 Å². The fourth-order valence-corrected chi connectivity index (χ4v) is 3.73. The first kappa shape index (κ1) is 17.1. The highest BCUT2D eigenvalue weighted by atomic mass is 16.5. The molecule has 136 valence electrons. The fourth-order valence-electron chi connectivity index (χ4n) is 3.73. The number of aliphatic hydroxyl groups excluding tert-OH is 2. The highest BCUT2D eigenvalue weighted by Crippen LogP contribution is 2.34. The van der Waals surface area contributed by atoms with Crippen LogP contribution in [0.4, 0.5) is 0 Å². The van der Waals surface area contributed by atoms with Crippen molar-refractivity contribution in [3.05, 3.63) is 59.7 Å². The number of aliphatic hydroxyl groups is 2. The summed E-state index contributed by atoms with van der Waals surface area (Å²) in [5.41, 5.74) is 4.11. The van der Waals surface area contributed by atoms with Crippen molar-refractivity contribution < 1.29 is 14.9 Å². The second-order valence-corrected chi connectivity index (χ2v) is 6.84. The van der Waals surface area contributed by atoms with E-state index in [9.17, 15) is 10.2 Å². The summed E-state index contributed by atoms with van der Waals surface area (Å²) in [6.07, 6.45) is 4.21. The molecule has 1 saturated heterocycles. The van der Waals surface area contributed by atoms with Crippen molar-refractivity contribution in [2.75, 3.05) is 6.61 Å². The molecule has 3 aromatic rings. The second-order valence-electron chi connectivity index (χ2n) is 6.84. The lowest BCUT2D eigenvalue weighted by Gasteiger charge is -2.17. The van der Waals surface area contributed by atoms with Gasteiger partial charge in [-0.15, -0.1) is 0 Å². The average molecular weight is 353 g/mol. The molecule has 0 radical (unpaired) electrons. The smallest absolute Gasteiger partial charge is 0.161 e. The predicted molar refractivity (Wildman–Crippen MR) is 97.7 cm³/mol. The number of hydrogen-bond donors (Lipinski definition) is 2. The summed E-state index contributed by atoms with van der Waals surface area (Å²) in [5, 5.41) is 20.8. The van der Waals surface area contributed by atoms with Crippen LogP contribution in [0.1, 0.15) is 29.5 Å². The maximum absolute atomic E-state index is 10.4. The Balaban J connectivity index is 1.70.